The summed E-state index contributed by atoms with van der Waals surface area (Å²) in [6.07, 6.45) is 2.00. The summed E-state index contributed by atoms with van der Waals surface area (Å²) in [5.74, 6) is 0.754. The van der Waals surface area contributed by atoms with E-state index in [4.69, 9.17) is 0 Å². The maximum absolute atomic E-state index is 11.8. The SMILES string of the molecule is CC(C)[C@H]1[C@H](O)CCC(=O)N1C(C)C.CC(C)[C@H]1[C@H]([O-])CC=C([O-])N1C(C)C. The zero-order chi connectivity index (χ0) is 21.8. The Balaban J connectivity index is 0.000000280. The van der Waals surface area contributed by atoms with E-state index in [0.29, 0.717) is 25.2 Å². The van der Waals surface area contributed by atoms with Crippen molar-refractivity contribution in [2.75, 3.05) is 0 Å². The van der Waals surface area contributed by atoms with Crippen LogP contribution in [0.15, 0.2) is 12.0 Å². The highest BCUT2D eigenvalue weighted by atomic mass is 16.3. The first-order valence-corrected chi connectivity index (χ1v) is 10.7. The molecule has 1 fully saturated rings. The zero-order valence-electron chi connectivity index (χ0n) is 18.9. The third kappa shape index (κ3) is 5.86. The zero-order valence-corrected chi connectivity index (χ0v) is 18.9. The molecular formula is C22H40N2O4-2. The summed E-state index contributed by atoms with van der Waals surface area (Å²) in [4.78, 5) is 15.3. The van der Waals surface area contributed by atoms with Gasteiger partial charge in [0.2, 0.25) is 5.91 Å². The van der Waals surface area contributed by atoms with Gasteiger partial charge in [-0.2, -0.15) is 0 Å². The van der Waals surface area contributed by atoms with Crippen LogP contribution in [0.25, 0.3) is 0 Å². The number of aliphatic hydroxyl groups is 1. The molecule has 4 atom stereocenters. The van der Waals surface area contributed by atoms with Gasteiger partial charge in [-0.05, 0) is 58.3 Å². The molecule has 0 radical (unpaired) electrons. The van der Waals surface area contributed by atoms with E-state index >= 15 is 0 Å². The standard InChI is InChI=1S/C11H21NO2.C11H20NO2/c2*1-7(2)11-9(13)5-6-10(14)12(11)8(3)4/h7-9,11,13H,5-6H2,1-4H3;6-9,11,14H,5H2,1-4H3/q;-1/p-1/t2*9-,11+/m11/s1. The van der Waals surface area contributed by atoms with E-state index in [1.165, 1.54) is 6.08 Å². The van der Waals surface area contributed by atoms with E-state index in [2.05, 4.69) is 13.8 Å². The lowest BCUT2D eigenvalue weighted by Crippen LogP contribution is -2.58. The van der Waals surface area contributed by atoms with Gasteiger partial charge in [-0.25, -0.2) is 0 Å². The van der Waals surface area contributed by atoms with Crippen LogP contribution in [0.4, 0.5) is 0 Å². The van der Waals surface area contributed by atoms with Crippen LogP contribution in [0.3, 0.4) is 0 Å². The van der Waals surface area contributed by atoms with E-state index in [1.807, 2.05) is 46.4 Å². The molecule has 0 aromatic carbocycles. The van der Waals surface area contributed by atoms with Crippen LogP contribution in [0.2, 0.25) is 0 Å². The summed E-state index contributed by atoms with van der Waals surface area (Å²) in [6.45, 7) is 16.0. The van der Waals surface area contributed by atoms with Gasteiger partial charge in [0, 0.05) is 24.5 Å². The van der Waals surface area contributed by atoms with E-state index in [0.717, 1.165) is 0 Å². The predicted molar refractivity (Wildman–Crippen MR) is 108 cm³/mol. The van der Waals surface area contributed by atoms with Gasteiger partial charge in [-0.15, -0.1) is 6.10 Å². The van der Waals surface area contributed by atoms with E-state index in [1.54, 1.807) is 4.90 Å². The molecule has 0 aromatic rings. The Hall–Kier alpha value is -1.27. The number of rotatable bonds is 4. The average molecular weight is 397 g/mol. The second-order valence-corrected chi connectivity index (χ2v) is 9.29. The number of aliphatic hydroxyl groups excluding tert-OH is 1. The summed E-state index contributed by atoms with van der Waals surface area (Å²) in [5, 5.41) is 33.3. The number of likely N-dealkylation sites (tertiary alicyclic amines) is 1. The van der Waals surface area contributed by atoms with Gasteiger partial charge in [0.25, 0.3) is 0 Å². The highest BCUT2D eigenvalue weighted by molar-refractivity contribution is 5.77. The Morgan fingerprint density at radius 3 is 1.82 bits per heavy atom. The van der Waals surface area contributed by atoms with Crippen molar-refractivity contribution in [2.24, 2.45) is 11.8 Å². The number of hydrogen-bond donors (Lipinski definition) is 1. The summed E-state index contributed by atoms with van der Waals surface area (Å²) >= 11 is 0. The molecule has 2 heterocycles. The summed E-state index contributed by atoms with van der Waals surface area (Å²) < 4.78 is 0. The third-order valence-electron chi connectivity index (χ3n) is 5.62. The molecule has 2 rings (SSSR count). The minimum Gasteiger partial charge on any atom is -0.861 e. The van der Waals surface area contributed by atoms with Gasteiger partial charge in [0.05, 0.1) is 12.1 Å². The lowest BCUT2D eigenvalue weighted by atomic mass is 9.89. The first-order chi connectivity index (χ1) is 12.9. The average Bonchev–Trinajstić information content (AvgIpc) is 2.57. The van der Waals surface area contributed by atoms with Crippen molar-refractivity contribution in [2.45, 2.75) is 111 Å². The van der Waals surface area contributed by atoms with Crippen LogP contribution < -0.4 is 10.2 Å². The van der Waals surface area contributed by atoms with E-state index < -0.39 is 6.10 Å². The van der Waals surface area contributed by atoms with Crippen molar-refractivity contribution in [1.82, 2.24) is 9.80 Å². The summed E-state index contributed by atoms with van der Waals surface area (Å²) in [7, 11) is 0. The molecule has 2 aliphatic heterocycles. The lowest BCUT2D eigenvalue weighted by Gasteiger charge is -2.52. The number of carbonyl (C=O) groups excluding carboxylic acids is 1. The van der Waals surface area contributed by atoms with Gasteiger partial charge in [-0.1, -0.05) is 33.8 Å². The Labute approximate surface area is 171 Å². The second kappa shape index (κ2) is 10.5. The van der Waals surface area contributed by atoms with Crippen molar-refractivity contribution in [3.8, 4) is 0 Å². The van der Waals surface area contributed by atoms with Crippen molar-refractivity contribution in [3.63, 3.8) is 0 Å². The highest BCUT2D eigenvalue weighted by Gasteiger charge is 2.37. The first kappa shape index (κ1) is 24.8. The molecule has 0 spiro atoms. The first-order valence-electron chi connectivity index (χ1n) is 10.7. The maximum Gasteiger partial charge on any atom is 0.223 e. The number of nitrogens with zero attached hydrogens (tertiary/aromatic N) is 2. The van der Waals surface area contributed by atoms with Crippen LogP contribution in [-0.2, 0) is 4.79 Å². The maximum atomic E-state index is 11.8. The molecule has 1 saturated heterocycles. The number of hydrogen-bond acceptors (Lipinski definition) is 5. The Morgan fingerprint density at radius 2 is 1.46 bits per heavy atom. The molecule has 0 aliphatic carbocycles. The molecule has 6 nitrogen and oxygen atoms in total. The highest BCUT2D eigenvalue weighted by Crippen LogP contribution is 2.27. The van der Waals surface area contributed by atoms with Crippen molar-refractivity contribution in [3.05, 3.63) is 12.0 Å². The van der Waals surface area contributed by atoms with E-state index in [9.17, 15) is 20.1 Å². The molecule has 164 valence electrons. The van der Waals surface area contributed by atoms with Crippen LogP contribution in [0.5, 0.6) is 0 Å². The molecule has 1 N–H and O–H groups in total. The summed E-state index contributed by atoms with van der Waals surface area (Å²) in [5.41, 5.74) is 0. The lowest BCUT2D eigenvalue weighted by molar-refractivity contribution is -0.445. The molecular weight excluding hydrogens is 356 g/mol. The van der Waals surface area contributed by atoms with Crippen LogP contribution in [0, 0.1) is 11.8 Å². The topological polar surface area (TPSA) is 89.9 Å². The van der Waals surface area contributed by atoms with Crippen LogP contribution in [0.1, 0.15) is 74.7 Å². The van der Waals surface area contributed by atoms with Gasteiger partial charge in [0.15, 0.2) is 0 Å². The minimum absolute atomic E-state index is 0.00347. The number of piperidine rings is 1. The Kier molecular flexibility index (Phi) is 9.28. The molecule has 0 bridgehead atoms. The summed E-state index contributed by atoms with van der Waals surface area (Å²) in [6, 6.07) is 0.150. The fourth-order valence-corrected chi connectivity index (χ4v) is 4.46. The molecule has 0 saturated carbocycles. The molecule has 1 amide bonds. The molecule has 6 heteroatoms. The van der Waals surface area contributed by atoms with Crippen molar-refractivity contribution < 1.29 is 20.1 Å². The molecule has 28 heavy (non-hydrogen) atoms. The monoisotopic (exact) mass is 396 g/mol. The predicted octanol–water partition coefficient (Wildman–Crippen LogP) is 1.46. The van der Waals surface area contributed by atoms with Gasteiger partial charge < -0.3 is 25.1 Å². The molecule has 0 unspecified atom stereocenters. The smallest absolute Gasteiger partial charge is 0.223 e. The number of amides is 1. The quantitative estimate of drug-likeness (QED) is 0.777. The minimum atomic E-state index is -0.657. The van der Waals surface area contributed by atoms with Gasteiger partial charge in [-0.3, -0.25) is 4.79 Å². The number of carbonyl (C=O) groups is 1. The Morgan fingerprint density at radius 1 is 0.964 bits per heavy atom. The molecule has 0 aromatic heterocycles. The van der Waals surface area contributed by atoms with Crippen molar-refractivity contribution in [1.29, 1.82) is 0 Å². The van der Waals surface area contributed by atoms with Crippen LogP contribution in [-0.4, -0.2) is 57.2 Å². The fraction of sp³-hybridized carbons (Fsp3) is 0.864. The van der Waals surface area contributed by atoms with Crippen molar-refractivity contribution >= 4 is 5.91 Å². The van der Waals surface area contributed by atoms with Gasteiger partial charge >= 0.3 is 0 Å². The normalized spacial score (nSPS) is 28.8. The Bertz CT molecular complexity index is 525. The van der Waals surface area contributed by atoms with E-state index in [-0.39, 0.29) is 48.0 Å². The van der Waals surface area contributed by atoms with Crippen LogP contribution >= 0.6 is 0 Å². The molecule has 2 aliphatic rings. The largest absolute Gasteiger partial charge is 0.861 e. The second-order valence-electron chi connectivity index (χ2n) is 9.29. The van der Waals surface area contributed by atoms with Gasteiger partial charge in [0.1, 0.15) is 0 Å². The fourth-order valence-electron chi connectivity index (χ4n) is 4.46. The third-order valence-corrected chi connectivity index (χ3v) is 5.62.